The van der Waals surface area contributed by atoms with Crippen LogP contribution in [-0.2, 0) is 0 Å². The smallest absolute Gasteiger partial charge is 0.231 e. The van der Waals surface area contributed by atoms with Gasteiger partial charge in [-0.3, -0.25) is 0 Å². The molecule has 0 saturated carbocycles. The fourth-order valence-electron chi connectivity index (χ4n) is 2.58. The summed E-state index contributed by atoms with van der Waals surface area (Å²) in [4.78, 5) is 0. The third kappa shape index (κ3) is 1.73. The number of benzene rings is 3. The molecule has 1 heterocycles. The molecular formula is C17H11ClO2. The minimum absolute atomic E-state index is 0.292. The number of ether oxygens (including phenoxy) is 2. The summed E-state index contributed by atoms with van der Waals surface area (Å²) in [7, 11) is 0. The van der Waals surface area contributed by atoms with Crippen molar-refractivity contribution >= 4 is 22.4 Å². The number of hydrogen-bond donors (Lipinski definition) is 0. The molecule has 2 nitrogen and oxygen atoms in total. The van der Waals surface area contributed by atoms with Gasteiger partial charge in [0.2, 0.25) is 6.79 Å². The van der Waals surface area contributed by atoms with E-state index in [1.54, 1.807) is 0 Å². The predicted molar refractivity (Wildman–Crippen MR) is 80.5 cm³/mol. The Morgan fingerprint density at radius 1 is 0.800 bits per heavy atom. The van der Waals surface area contributed by atoms with Crippen LogP contribution in [0, 0.1) is 0 Å². The molecule has 0 amide bonds. The Bertz CT molecular complexity index is 811. The summed E-state index contributed by atoms with van der Waals surface area (Å²) < 4.78 is 10.8. The first-order chi connectivity index (χ1) is 9.83. The Morgan fingerprint density at radius 3 is 2.50 bits per heavy atom. The van der Waals surface area contributed by atoms with Gasteiger partial charge in [0.1, 0.15) is 0 Å². The van der Waals surface area contributed by atoms with Gasteiger partial charge in [0.15, 0.2) is 11.5 Å². The fourth-order valence-corrected chi connectivity index (χ4v) is 2.81. The van der Waals surface area contributed by atoms with Gasteiger partial charge in [-0.2, -0.15) is 0 Å². The lowest BCUT2D eigenvalue weighted by Crippen LogP contribution is -1.92. The number of hydrogen-bond acceptors (Lipinski definition) is 2. The third-order valence-corrected chi connectivity index (χ3v) is 3.88. The van der Waals surface area contributed by atoms with Gasteiger partial charge in [0, 0.05) is 10.4 Å². The van der Waals surface area contributed by atoms with E-state index in [1.165, 1.54) is 0 Å². The second-order valence-electron chi connectivity index (χ2n) is 4.71. The Labute approximate surface area is 121 Å². The van der Waals surface area contributed by atoms with Crippen molar-refractivity contribution in [2.75, 3.05) is 6.79 Å². The maximum absolute atomic E-state index is 6.27. The first-order valence-electron chi connectivity index (χ1n) is 6.40. The van der Waals surface area contributed by atoms with Gasteiger partial charge >= 0.3 is 0 Å². The largest absolute Gasteiger partial charge is 0.454 e. The summed E-state index contributed by atoms with van der Waals surface area (Å²) in [6.07, 6.45) is 0. The van der Waals surface area contributed by atoms with Crippen molar-refractivity contribution in [3.63, 3.8) is 0 Å². The summed E-state index contributed by atoms with van der Waals surface area (Å²) >= 11 is 6.27. The van der Waals surface area contributed by atoms with Gasteiger partial charge in [-0.1, -0.05) is 48.0 Å². The van der Waals surface area contributed by atoms with E-state index in [2.05, 4.69) is 6.07 Å². The second kappa shape index (κ2) is 4.43. The molecule has 3 heteroatoms. The summed E-state index contributed by atoms with van der Waals surface area (Å²) in [5, 5.41) is 2.97. The van der Waals surface area contributed by atoms with Crippen molar-refractivity contribution in [2.24, 2.45) is 0 Å². The van der Waals surface area contributed by atoms with Crippen LogP contribution < -0.4 is 9.47 Å². The van der Waals surface area contributed by atoms with E-state index in [1.807, 2.05) is 48.5 Å². The van der Waals surface area contributed by atoms with Gasteiger partial charge in [0.25, 0.3) is 0 Å². The normalized spacial score (nSPS) is 12.8. The number of rotatable bonds is 1. The first-order valence-corrected chi connectivity index (χ1v) is 6.78. The van der Waals surface area contributed by atoms with Crippen LogP contribution in [0.1, 0.15) is 0 Å². The quantitative estimate of drug-likeness (QED) is 0.633. The van der Waals surface area contributed by atoms with Gasteiger partial charge in [-0.05, 0) is 34.7 Å². The van der Waals surface area contributed by atoms with Crippen molar-refractivity contribution in [1.29, 1.82) is 0 Å². The molecule has 0 aromatic heterocycles. The van der Waals surface area contributed by atoms with E-state index in [9.17, 15) is 0 Å². The molecule has 4 rings (SSSR count). The van der Waals surface area contributed by atoms with E-state index >= 15 is 0 Å². The molecule has 0 bridgehead atoms. The fraction of sp³-hybridized carbons (Fsp3) is 0.0588. The van der Waals surface area contributed by atoms with Crippen molar-refractivity contribution in [1.82, 2.24) is 0 Å². The van der Waals surface area contributed by atoms with Crippen LogP contribution in [0.15, 0.2) is 54.6 Å². The molecule has 3 aromatic carbocycles. The molecule has 0 fully saturated rings. The molecular weight excluding hydrogens is 272 g/mol. The zero-order valence-corrected chi connectivity index (χ0v) is 11.4. The number of fused-ring (bicyclic) bond motifs is 2. The molecule has 0 spiro atoms. The lowest BCUT2D eigenvalue weighted by atomic mass is 9.98. The second-order valence-corrected chi connectivity index (χ2v) is 5.12. The Kier molecular flexibility index (Phi) is 2.57. The molecule has 1 aliphatic rings. The molecule has 0 N–H and O–H groups in total. The molecule has 0 atom stereocenters. The summed E-state index contributed by atoms with van der Waals surface area (Å²) in [5.41, 5.74) is 2.24. The third-order valence-electron chi connectivity index (χ3n) is 3.55. The van der Waals surface area contributed by atoms with Gasteiger partial charge in [-0.15, -0.1) is 0 Å². The minimum atomic E-state index is 0.292. The molecule has 20 heavy (non-hydrogen) atoms. The van der Waals surface area contributed by atoms with Crippen LogP contribution in [0.2, 0.25) is 5.02 Å². The van der Waals surface area contributed by atoms with Crippen LogP contribution >= 0.6 is 11.6 Å². The van der Waals surface area contributed by atoms with E-state index in [-0.39, 0.29) is 0 Å². The molecule has 1 aliphatic heterocycles. The maximum Gasteiger partial charge on any atom is 0.231 e. The van der Waals surface area contributed by atoms with Gasteiger partial charge in [0.05, 0.1) is 0 Å². The summed E-state index contributed by atoms with van der Waals surface area (Å²) in [6.45, 7) is 0.292. The molecule has 98 valence electrons. The van der Waals surface area contributed by atoms with E-state index < -0.39 is 0 Å². The SMILES string of the molecule is Clc1ccc(-c2ccc3c(c2)OCO3)c2ccccc12. The molecule has 0 aliphatic carbocycles. The first kappa shape index (κ1) is 11.6. The maximum atomic E-state index is 6.27. The topological polar surface area (TPSA) is 18.5 Å². The molecule has 3 aromatic rings. The van der Waals surface area contributed by atoms with E-state index in [0.29, 0.717) is 6.79 Å². The Balaban J connectivity index is 1.97. The van der Waals surface area contributed by atoms with Crippen molar-refractivity contribution in [2.45, 2.75) is 0 Å². The Morgan fingerprint density at radius 2 is 1.60 bits per heavy atom. The average molecular weight is 283 g/mol. The molecule has 0 radical (unpaired) electrons. The zero-order valence-electron chi connectivity index (χ0n) is 10.6. The van der Waals surface area contributed by atoms with Crippen LogP contribution in [-0.4, -0.2) is 6.79 Å². The van der Waals surface area contributed by atoms with Gasteiger partial charge < -0.3 is 9.47 Å². The summed E-state index contributed by atoms with van der Waals surface area (Å²) in [6, 6.07) is 18.1. The highest BCUT2D eigenvalue weighted by Crippen LogP contribution is 2.39. The highest BCUT2D eigenvalue weighted by atomic mass is 35.5. The highest BCUT2D eigenvalue weighted by molar-refractivity contribution is 6.36. The predicted octanol–water partition coefficient (Wildman–Crippen LogP) is 4.89. The van der Waals surface area contributed by atoms with Crippen LogP contribution in [0.4, 0.5) is 0 Å². The molecule has 0 saturated heterocycles. The minimum Gasteiger partial charge on any atom is -0.454 e. The van der Waals surface area contributed by atoms with E-state index in [4.69, 9.17) is 21.1 Å². The van der Waals surface area contributed by atoms with Crippen LogP contribution in [0.5, 0.6) is 11.5 Å². The lowest BCUT2D eigenvalue weighted by Gasteiger charge is -2.09. The lowest BCUT2D eigenvalue weighted by molar-refractivity contribution is 0.174. The zero-order chi connectivity index (χ0) is 13.5. The standard InChI is InChI=1S/C17H11ClO2/c18-15-7-6-12(13-3-1-2-4-14(13)15)11-5-8-16-17(9-11)20-10-19-16/h1-9H,10H2. The van der Waals surface area contributed by atoms with Crippen LogP contribution in [0.3, 0.4) is 0 Å². The van der Waals surface area contributed by atoms with Crippen molar-refractivity contribution < 1.29 is 9.47 Å². The van der Waals surface area contributed by atoms with E-state index in [0.717, 1.165) is 38.4 Å². The molecule has 0 unspecified atom stereocenters. The van der Waals surface area contributed by atoms with Crippen molar-refractivity contribution in [3.8, 4) is 22.6 Å². The van der Waals surface area contributed by atoms with Crippen LogP contribution in [0.25, 0.3) is 21.9 Å². The monoisotopic (exact) mass is 282 g/mol. The van der Waals surface area contributed by atoms with Gasteiger partial charge in [-0.25, -0.2) is 0 Å². The van der Waals surface area contributed by atoms with Crippen molar-refractivity contribution in [3.05, 3.63) is 59.6 Å². The highest BCUT2D eigenvalue weighted by Gasteiger charge is 2.15. The summed E-state index contributed by atoms with van der Waals surface area (Å²) in [5.74, 6) is 1.59. The average Bonchev–Trinajstić information content (AvgIpc) is 2.95. The number of halogens is 1. The Hall–Kier alpha value is -2.19.